The number of aryl methyl sites for hydroxylation is 1. The summed E-state index contributed by atoms with van der Waals surface area (Å²) < 4.78 is 6.61. The van der Waals surface area contributed by atoms with E-state index in [1.54, 1.807) is 6.92 Å². The Balaban J connectivity index is 2.02. The molecule has 2 aromatic rings. The van der Waals surface area contributed by atoms with Gasteiger partial charge in [-0.25, -0.2) is 0 Å². The molecule has 0 saturated carbocycles. The molecule has 0 saturated heterocycles. The number of carbonyl (C=O) groups is 1. The van der Waals surface area contributed by atoms with Crippen LogP contribution in [0.1, 0.15) is 18.1 Å². The Morgan fingerprint density at radius 3 is 2.48 bits per heavy atom. The highest BCUT2D eigenvalue weighted by atomic mass is 79.9. The summed E-state index contributed by atoms with van der Waals surface area (Å²) in [6.45, 7) is 5.75. The van der Waals surface area contributed by atoms with E-state index in [4.69, 9.17) is 4.74 Å². The third kappa shape index (κ3) is 4.08. The summed E-state index contributed by atoms with van der Waals surface area (Å²) in [6.07, 6.45) is -0.564. The first kappa shape index (κ1) is 15.6. The van der Waals surface area contributed by atoms with Crippen molar-refractivity contribution in [2.45, 2.75) is 26.9 Å². The molecule has 0 aliphatic rings. The molecule has 0 unspecified atom stereocenters. The molecule has 3 nitrogen and oxygen atoms in total. The Kier molecular flexibility index (Phi) is 5.02. The third-order valence-electron chi connectivity index (χ3n) is 3.36. The van der Waals surface area contributed by atoms with Gasteiger partial charge in [-0.2, -0.15) is 0 Å². The quantitative estimate of drug-likeness (QED) is 0.885. The van der Waals surface area contributed by atoms with Gasteiger partial charge in [-0.15, -0.1) is 0 Å². The molecule has 21 heavy (non-hydrogen) atoms. The van der Waals surface area contributed by atoms with E-state index in [9.17, 15) is 4.79 Å². The lowest BCUT2D eigenvalue weighted by atomic mass is 10.1. The van der Waals surface area contributed by atoms with Crippen LogP contribution in [0.25, 0.3) is 0 Å². The van der Waals surface area contributed by atoms with E-state index in [-0.39, 0.29) is 5.91 Å². The maximum absolute atomic E-state index is 12.2. The van der Waals surface area contributed by atoms with Crippen LogP contribution in [0, 0.1) is 13.8 Å². The van der Waals surface area contributed by atoms with Gasteiger partial charge in [0, 0.05) is 10.2 Å². The fourth-order valence-electron chi connectivity index (χ4n) is 1.89. The number of carbonyl (C=O) groups excluding carboxylic acids is 1. The van der Waals surface area contributed by atoms with Crippen LogP contribution in [-0.4, -0.2) is 12.0 Å². The van der Waals surface area contributed by atoms with Gasteiger partial charge in [-0.1, -0.05) is 28.1 Å². The lowest BCUT2D eigenvalue weighted by Crippen LogP contribution is -2.30. The SMILES string of the molecule is Cc1cccc(NC(=O)[C@@H](C)Oc2ccc(Br)cc2)c1C. The van der Waals surface area contributed by atoms with E-state index in [1.807, 2.05) is 56.3 Å². The monoisotopic (exact) mass is 347 g/mol. The van der Waals surface area contributed by atoms with Crippen molar-refractivity contribution in [3.05, 3.63) is 58.1 Å². The second-order valence-corrected chi connectivity index (χ2v) is 5.87. The summed E-state index contributed by atoms with van der Waals surface area (Å²) in [7, 11) is 0. The van der Waals surface area contributed by atoms with Crippen molar-refractivity contribution in [3.8, 4) is 5.75 Å². The summed E-state index contributed by atoms with van der Waals surface area (Å²) in [5.74, 6) is 0.508. The van der Waals surface area contributed by atoms with E-state index in [1.165, 1.54) is 0 Å². The van der Waals surface area contributed by atoms with Crippen molar-refractivity contribution >= 4 is 27.5 Å². The highest BCUT2D eigenvalue weighted by Crippen LogP contribution is 2.20. The average molecular weight is 348 g/mol. The second-order valence-electron chi connectivity index (χ2n) is 4.95. The molecule has 2 rings (SSSR count). The van der Waals surface area contributed by atoms with Crippen LogP contribution >= 0.6 is 15.9 Å². The molecule has 4 heteroatoms. The van der Waals surface area contributed by atoms with Crippen LogP contribution in [0.2, 0.25) is 0 Å². The van der Waals surface area contributed by atoms with Gasteiger partial charge < -0.3 is 10.1 Å². The molecule has 0 bridgehead atoms. The molecule has 110 valence electrons. The molecule has 1 amide bonds. The number of ether oxygens (including phenoxy) is 1. The van der Waals surface area contributed by atoms with Crippen LogP contribution in [0.15, 0.2) is 46.9 Å². The van der Waals surface area contributed by atoms with Gasteiger partial charge >= 0.3 is 0 Å². The molecule has 0 radical (unpaired) electrons. The summed E-state index contributed by atoms with van der Waals surface area (Å²) in [4.78, 5) is 12.2. The van der Waals surface area contributed by atoms with Gasteiger partial charge in [0.1, 0.15) is 5.75 Å². The summed E-state index contributed by atoms with van der Waals surface area (Å²) >= 11 is 3.36. The summed E-state index contributed by atoms with van der Waals surface area (Å²) in [5.41, 5.74) is 3.04. The smallest absolute Gasteiger partial charge is 0.265 e. The lowest BCUT2D eigenvalue weighted by molar-refractivity contribution is -0.122. The Hall–Kier alpha value is -1.81. The third-order valence-corrected chi connectivity index (χ3v) is 3.89. The zero-order valence-electron chi connectivity index (χ0n) is 12.3. The largest absolute Gasteiger partial charge is 0.481 e. The molecule has 1 N–H and O–H groups in total. The van der Waals surface area contributed by atoms with Crippen molar-refractivity contribution in [1.82, 2.24) is 0 Å². The van der Waals surface area contributed by atoms with Crippen molar-refractivity contribution in [1.29, 1.82) is 0 Å². The van der Waals surface area contributed by atoms with Crippen molar-refractivity contribution < 1.29 is 9.53 Å². The molecule has 0 aliphatic carbocycles. The zero-order chi connectivity index (χ0) is 15.4. The van der Waals surface area contributed by atoms with E-state index < -0.39 is 6.10 Å². The highest BCUT2D eigenvalue weighted by molar-refractivity contribution is 9.10. The van der Waals surface area contributed by atoms with Gasteiger partial charge in [0.2, 0.25) is 0 Å². The molecule has 0 aliphatic heterocycles. The molecule has 0 heterocycles. The van der Waals surface area contributed by atoms with Gasteiger partial charge in [0.25, 0.3) is 5.91 Å². The number of hydrogen-bond donors (Lipinski definition) is 1. The number of nitrogens with one attached hydrogen (secondary N) is 1. The minimum Gasteiger partial charge on any atom is -0.481 e. The van der Waals surface area contributed by atoms with Gasteiger partial charge in [0.05, 0.1) is 0 Å². The first-order valence-corrected chi connectivity index (χ1v) is 7.56. The molecule has 1 atom stereocenters. The number of hydrogen-bond acceptors (Lipinski definition) is 2. The fraction of sp³-hybridized carbons (Fsp3) is 0.235. The molecular formula is C17H18BrNO2. The fourth-order valence-corrected chi connectivity index (χ4v) is 2.16. The van der Waals surface area contributed by atoms with Crippen LogP contribution < -0.4 is 10.1 Å². The number of amides is 1. The second kappa shape index (κ2) is 6.76. The van der Waals surface area contributed by atoms with E-state index in [0.717, 1.165) is 21.3 Å². The molecular weight excluding hydrogens is 330 g/mol. The average Bonchev–Trinajstić information content (AvgIpc) is 2.46. The number of benzene rings is 2. The maximum atomic E-state index is 12.2. The standard InChI is InChI=1S/C17H18BrNO2/c1-11-5-4-6-16(12(11)2)19-17(20)13(3)21-15-9-7-14(18)8-10-15/h4-10,13H,1-3H3,(H,19,20)/t13-/m1/s1. The summed E-state index contributed by atoms with van der Waals surface area (Å²) in [5, 5.41) is 2.91. The molecule has 0 fully saturated rings. The minimum atomic E-state index is -0.564. The van der Waals surface area contributed by atoms with Gasteiger partial charge in [-0.3, -0.25) is 4.79 Å². The number of halogens is 1. The van der Waals surface area contributed by atoms with Crippen LogP contribution in [-0.2, 0) is 4.79 Å². The van der Waals surface area contributed by atoms with Crippen molar-refractivity contribution in [3.63, 3.8) is 0 Å². The van der Waals surface area contributed by atoms with Crippen LogP contribution in [0.3, 0.4) is 0 Å². The normalized spacial score (nSPS) is 11.8. The number of rotatable bonds is 4. The molecule has 2 aromatic carbocycles. The van der Waals surface area contributed by atoms with Crippen LogP contribution in [0.4, 0.5) is 5.69 Å². The molecule has 0 aromatic heterocycles. The zero-order valence-corrected chi connectivity index (χ0v) is 13.9. The topological polar surface area (TPSA) is 38.3 Å². The van der Waals surface area contributed by atoms with Crippen LogP contribution in [0.5, 0.6) is 5.75 Å². The van der Waals surface area contributed by atoms with E-state index in [2.05, 4.69) is 21.2 Å². The number of anilines is 1. The highest BCUT2D eigenvalue weighted by Gasteiger charge is 2.15. The minimum absolute atomic E-state index is 0.161. The Morgan fingerprint density at radius 1 is 1.14 bits per heavy atom. The maximum Gasteiger partial charge on any atom is 0.265 e. The van der Waals surface area contributed by atoms with Crippen molar-refractivity contribution in [2.24, 2.45) is 0 Å². The predicted molar refractivity (Wildman–Crippen MR) is 88.8 cm³/mol. The predicted octanol–water partition coefficient (Wildman–Crippen LogP) is 4.47. The van der Waals surface area contributed by atoms with Gasteiger partial charge in [-0.05, 0) is 62.2 Å². The summed E-state index contributed by atoms with van der Waals surface area (Å²) in [6, 6.07) is 13.3. The Labute approximate surface area is 133 Å². The molecule has 0 spiro atoms. The van der Waals surface area contributed by atoms with E-state index in [0.29, 0.717) is 5.75 Å². The van der Waals surface area contributed by atoms with Gasteiger partial charge in [0.15, 0.2) is 6.10 Å². The Morgan fingerprint density at radius 2 is 1.81 bits per heavy atom. The first-order valence-electron chi connectivity index (χ1n) is 6.76. The Bertz CT molecular complexity index is 638. The lowest BCUT2D eigenvalue weighted by Gasteiger charge is -2.16. The first-order chi connectivity index (χ1) is 9.97. The van der Waals surface area contributed by atoms with Crippen molar-refractivity contribution in [2.75, 3.05) is 5.32 Å². The van der Waals surface area contributed by atoms with E-state index >= 15 is 0 Å².